The molecule has 0 aliphatic carbocycles. The molecular formula is C15H22O3. The van der Waals surface area contributed by atoms with E-state index >= 15 is 0 Å². The summed E-state index contributed by atoms with van der Waals surface area (Å²) in [4.78, 5) is 11.0. The van der Waals surface area contributed by atoms with Crippen LogP contribution in [0.2, 0.25) is 0 Å². The van der Waals surface area contributed by atoms with Gasteiger partial charge in [0.25, 0.3) is 0 Å². The Bertz CT molecular complexity index is 416. The number of ether oxygens (including phenoxy) is 2. The lowest BCUT2D eigenvalue weighted by Crippen LogP contribution is -2.12. The van der Waals surface area contributed by atoms with Gasteiger partial charge in [-0.3, -0.25) is 4.79 Å². The average molecular weight is 250 g/mol. The standard InChI is InChI=1S/C15H22O3/c1-11-10-12(15(2,3)4)6-7-13(11)18-9-8-14(16)17-5/h6-7,10H,8-9H2,1-5H3. The Balaban J connectivity index is 2.66. The van der Waals surface area contributed by atoms with Gasteiger partial charge in [0.2, 0.25) is 0 Å². The molecule has 18 heavy (non-hydrogen) atoms. The van der Waals surface area contributed by atoms with Crippen LogP contribution in [0.5, 0.6) is 5.75 Å². The van der Waals surface area contributed by atoms with E-state index in [4.69, 9.17) is 4.74 Å². The van der Waals surface area contributed by atoms with E-state index in [-0.39, 0.29) is 17.8 Å². The second-order valence-corrected chi connectivity index (χ2v) is 5.40. The van der Waals surface area contributed by atoms with Crippen molar-refractivity contribution >= 4 is 5.97 Å². The summed E-state index contributed by atoms with van der Waals surface area (Å²) in [5.41, 5.74) is 2.50. The molecule has 0 radical (unpaired) electrons. The Hall–Kier alpha value is -1.51. The minimum Gasteiger partial charge on any atom is -0.493 e. The van der Waals surface area contributed by atoms with E-state index in [1.165, 1.54) is 12.7 Å². The fourth-order valence-electron chi connectivity index (χ4n) is 1.62. The molecule has 1 aromatic rings. The van der Waals surface area contributed by atoms with Crippen molar-refractivity contribution in [3.8, 4) is 5.75 Å². The number of esters is 1. The Morgan fingerprint density at radius 1 is 1.28 bits per heavy atom. The van der Waals surface area contributed by atoms with Gasteiger partial charge in [-0.25, -0.2) is 0 Å². The molecule has 3 nitrogen and oxygen atoms in total. The summed E-state index contributed by atoms with van der Waals surface area (Å²) in [6.07, 6.45) is 0.275. The Labute approximate surface area is 109 Å². The number of carbonyl (C=O) groups is 1. The number of hydrogen-bond donors (Lipinski definition) is 0. The molecule has 0 saturated carbocycles. The fourth-order valence-corrected chi connectivity index (χ4v) is 1.62. The Morgan fingerprint density at radius 3 is 2.44 bits per heavy atom. The maximum atomic E-state index is 11.0. The molecule has 0 amide bonds. The molecule has 0 saturated heterocycles. The van der Waals surface area contributed by atoms with Crippen molar-refractivity contribution in [2.45, 2.75) is 39.5 Å². The summed E-state index contributed by atoms with van der Waals surface area (Å²) in [5.74, 6) is 0.575. The van der Waals surface area contributed by atoms with E-state index in [1.807, 2.05) is 13.0 Å². The number of rotatable bonds is 4. The van der Waals surface area contributed by atoms with Gasteiger partial charge < -0.3 is 9.47 Å². The maximum absolute atomic E-state index is 11.0. The van der Waals surface area contributed by atoms with Crippen LogP contribution in [0.15, 0.2) is 18.2 Å². The first-order valence-electron chi connectivity index (χ1n) is 6.15. The normalized spacial score (nSPS) is 11.2. The van der Waals surface area contributed by atoms with Crippen LogP contribution in [0, 0.1) is 6.92 Å². The van der Waals surface area contributed by atoms with Crippen LogP contribution in [0.25, 0.3) is 0 Å². The lowest BCUT2D eigenvalue weighted by Gasteiger charge is -2.20. The van der Waals surface area contributed by atoms with Gasteiger partial charge in [-0.1, -0.05) is 32.9 Å². The molecule has 3 heteroatoms. The predicted molar refractivity (Wildman–Crippen MR) is 72.0 cm³/mol. The first-order chi connectivity index (χ1) is 8.34. The monoisotopic (exact) mass is 250 g/mol. The zero-order valence-corrected chi connectivity index (χ0v) is 11.9. The van der Waals surface area contributed by atoms with Crippen LogP contribution in [0.4, 0.5) is 0 Å². The smallest absolute Gasteiger partial charge is 0.308 e. The summed E-state index contributed by atoms with van der Waals surface area (Å²) < 4.78 is 10.1. The third kappa shape index (κ3) is 4.06. The Morgan fingerprint density at radius 2 is 1.94 bits per heavy atom. The van der Waals surface area contributed by atoms with Gasteiger partial charge in [-0.15, -0.1) is 0 Å². The van der Waals surface area contributed by atoms with E-state index in [0.29, 0.717) is 6.61 Å². The lowest BCUT2D eigenvalue weighted by molar-refractivity contribution is -0.141. The van der Waals surface area contributed by atoms with Crippen LogP contribution in [0.3, 0.4) is 0 Å². The van der Waals surface area contributed by atoms with Crippen molar-refractivity contribution in [1.29, 1.82) is 0 Å². The van der Waals surface area contributed by atoms with Crippen molar-refractivity contribution in [1.82, 2.24) is 0 Å². The summed E-state index contributed by atoms with van der Waals surface area (Å²) in [6, 6.07) is 6.17. The van der Waals surface area contributed by atoms with Gasteiger partial charge in [0, 0.05) is 0 Å². The van der Waals surface area contributed by atoms with Crippen LogP contribution in [-0.4, -0.2) is 19.7 Å². The molecular weight excluding hydrogens is 228 g/mol. The van der Waals surface area contributed by atoms with Gasteiger partial charge in [-0.2, -0.15) is 0 Å². The molecule has 0 aliphatic rings. The highest BCUT2D eigenvalue weighted by Crippen LogP contribution is 2.27. The SMILES string of the molecule is COC(=O)CCOc1ccc(C(C)(C)C)cc1C. The highest BCUT2D eigenvalue weighted by molar-refractivity contribution is 5.69. The number of benzene rings is 1. The molecule has 0 bridgehead atoms. The van der Waals surface area contributed by atoms with Gasteiger partial charge in [-0.05, 0) is 29.5 Å². The van der Waals surface area contributed by atoms with Gasteiger partial charge in [0.05, 0.1) is 20.1 Å². The molecule has 1 aromatic carbocycles. The van der Waals surface area contributed by atoms with Crippen LogP contribution in [-0.2, 0) is 14.9 Å². The zero-order valence-electron chi connectivity index (χ0n) is 11.9. The summed E-state index contributed by atoms with van der Waals surface area (Å²) in [5, 5.41) is 0. The lowest BCUT2D eigenvalue weighted by atomic mass is 9.86. The van der Waals surface area contributed by atoms with Crippen molar-refractivity contribution < 1.29 is 14.3 Å². The highest BCUT2D eigenvalue weighted by Gasteiger charge is 2.14. The summed E-state index contributed by atoms with van der Waals surface area (Å²) in [6.45, 7) is 8.91. The highest BCUT2D eigenvalue weighted by atomic mass is 16.5. The Kier molecular flexibility index (Phi) is 4.76. The molecule has 0 aliphatic heterocycles. The van der Waals surface area contributed by atoms with Crippen molar-refractivity contribution in [3.63, 3.8) is 0 Å². The van der Waals surface area contributed by atoms with Gasteiger partial charge in [0.1, 0.15) is 5.75 Å². The van der Waals surface area contributed by atoms with Crippen molar-refractivity contribution in [2.24, 2.45) is 0 Å². The minimum absolute atomic E-state index is 0.134. The zero-order chi connectivity index (χ0) is 13.8. The fraction of sp³-hybridized carbons (Fsp3) is 0.533. The molecule has 0 atom stereocenters. The van der Waals surface area contributed by atoms with E-state index in [0.717, 1.165) is 11.3 Å². The van der Waals surface area contributed by atoms with Crippen LogP contribution in [0.1, 0.15) is 38.3 Å². The maximum Gasteiger partial charge on any atom is 0.308 e. The average Bonchev–Trinajstić information content (AvgIpc) is 2.29. The van der Waals surface area contributed by atoms with Gasteiger partial charge in [0.15, 0.2) is 0 Å². The molecule has 0 fully saturated rings. The topological polar surface area (TPSA) is 35.5 Å². The number of methoxy groups -OCH3 is 1. The summed E-state index contributed by atoms with van der Waals surface area (Å²) in [7, 11) is 1.38. The third-order valence-corrected chi connectivity index (χ3v) is 2.83. The molecule has 0 unspecified atom stereocenters. The number of aryl methyl sites for hydroxylation is 1. The van der Waals surface area contributed by atoms with Gasteiger partial charge >= 0.3 is 5.97 Å². The van der Waals surface area contributed by atoms with E-state index in [2.05, 4.69) is 37.6 Å². The molecule has 0 spiro atoms. The first kappa shape index (κ1) is 14.6. The van der Waals surface area contributed by atoms with Crippen molar-refractivity contribution in [3.05, 3.63) is 29.3 Å². The summed E-state index contributed by atoms with van der Waals surface area (Å²) >= 11 is 0. The van der Waals surface area contributed by atoms with Crippen LogP contribution < -0.4 is 4.74 Å². The predicted octanol–water partition coefficient (Wildman–Crippen LogP) is 3.23. The molecule has 1 rings (SSSR count). The first-order valence-corrected chi connectivity index (χ1v) is 6.15. The minimum atomic E-state index is -0.251. The third-order valence-electron chi connectivity index (χ3n) is 2.83. The van der Waals surface area contributed by atoms with E-state index in [1.54, 1.807) is 0 Å². The molecule has 0 heterocycles. The number of hydrogen-bond acceptors (Lipinski definition) is 3. The molecule has 0 aromatic heterocycles. The number of carbonyl (C=O) groups excluding carboxylic acids is 1. The van der Waals surface area contributed by atoms with Crippen LogP contribution >= 0.6 is 0 Å². The second kappa shape index (κ2) is 5.89. The largest absolute Gasteiger partial charge is 0.493 e. The second-order valence-electron chi connectivity index (χ2n) is 5.40. The quantitative estimate of drug-likeness (QED) is 0.770. The van der Waals surface area contributed by atoms with Crippen molar-refractivity contribution in [2.75, 3.05) is 13.7 Å². The molecule has 0 N–H and O–H groups in total. The van der Waals surface area contributed by atoms with E-state index < -0.39 is 0 Å². The molecule has 100 valence electrons. The van der Waals surface area contributed by atoms with E-state index in [9.17, 15) is 4.79 Å².